The molecule has 0 spiro atoms. The summed E-state index contributed by atoms with van der Waals surface area (Å²) in [6.45, 7) is 1.62. The maximum absolute atomic E-state index is 12.7. The molecule has 1 aliphatic heterocycles. The molecule has 2 aromatic carbocycles. The summed E-state index contributed by atoms with van der Waals surface area (Å²) in [4.78, 5) is 14.4. The molecule has 30 heavy (non-hydrogen) atoms. The molecule has 0 atom stereocenters. The summed E-state index contributed by atoms with van der Waals surface area (Å²) in [7, 11) is -1.72. The van der Waals surface area contributed by atoms with Crippen LogP contribution in [0.25, 0.3) is 6.08 Å². The largest absolute Gasteiger partial charge is 0.492 e. The highest BCUT2D eigenvalue weighted by molar-refractivity contribution is 7.92. The molecule has 6 nitrogen and oxygen atoms in total. The topological polar surface area (TPSA) is 66.9 Å². The zero-order chi connectivity index (χ0) is 21.4. The number of sulfonamides is 1. The molecule has 0 saturated carbocycles. The lowest BCUT2D eigenvalue weighted by molar-refractivity contribution is -0.135. The van der Waals surface area contributed by atoms with Crippen molar-refractivity contribution < 1.29 is 17.9 Å². The van der Waals surface area contributed by atoms with Gasteiger partial charge in [0.1, 0.15) is 12.4 Å². The van der Waals surface area contributed by atoms with Crippen LogP contribution in [0.1, 0.15) is 18.4 Å². The molecule has 2 aromatic rings. The number of ether oxygens (including phenoxy) is 1. The zero-order valence-corrected chi connectivity index (χ0v) is 18.0. The van der Waals surface area contributed by atoms with E-state index in [-0.39, 0.29) is 11.8 Å². The maximum atomic E-state index is 12.7. The second kappa shape index (κ2) is 10.4. The van der Waals surface area contributed by atoms with Crippen LogP contribution in [-0.2, 0) is 14.8 Å². The van der Waals surface area contributed by atoms with E-state index in [2.05, 4.69) is 0 Å². The Hall–Kier alpha value is -2.64. The lowest BCUT2D eigenvalue weighted by Crippen LogP contribution is -2.43. The summed E-state index contributed by atoms with van der Waals surface area (Å²) >= 11 is 0. The summed E-state index contributed by atoms with van der Waals surface area (Å²) in [6, 6.07) is 18.8. The van der Waals surface area contributed by atoms with Crippen molar-refractivity contribution in [1.82, 2.24) is 9.21 Å². The van der Waals surface area contributed by atoms with Crippen molar-refractivity contribution in [2.24, 2.45) is 5.92 Å². The Balaban J connectivity index is 1.45. The normalized spacial score (nSPS) is 15.9. The Morgan fingerprint density at radius 1 is 1.07 bits per heavy atom. The minimum absolute atomic E-state index is 0.0449. The van der Waals surface area contributed by atoms with Gasteiger partial charge in [0.15, 0.2) is 0 Å². The molecule has 0 aromatic heterocycles. The molecule has 1 amide bonds. The van der Waals surface area contributed by atoms with Gasteiger partial charge in [-0.3, -0.25) is 4.79 Å². The van der Waals surface area contributed by atoms with Gasteiger partial charge in [-0.1, -0.05) is 48.5 Å². The van der Waals surface area contributed by atoms with Crippen LogP contribution in [0.2, 0.25) is 0 Å². The number of para-hydroxylation sites is 1. The van der Waals surface area contributed by atoms with E-state index in [9.17, 15) is 13.2 Å². The number of likely N-dealkylation sites (N-methyl/N-ethyl adjacent to an activating group) is 1. The molecule has 7 heteroatoms. The average molecular weight is 429 g/mol. The molecule has 0 bridgehead atoms. The molecular weight excluding hydrogens is 400 g/mol. The number of benzene rings is 2. The van der Waals surface area contributed by atoms with Crippen molar-refractivity contribution in [3.8, 4) is 5.75 Å². The van der Waals surface area contributed by atoms with Crippen LogP contribution >= 0.6 is 0 Å². The van der Waals surface area contributed by atoms with E-state index in [1.165, 1.54) is 9.71 Å². The van der Waals surface area contributed by atoms with Crippen LogP contribution in [0.3, 0.4) is 0 Å². The van der Waals surface area contributed by atoms with E-state index in [0.29, 0.717) is 39.1 Å². The van der Waals surface area contributed by atoms with E-state index in [1.54, 1.807) is 18.0 Å². The van der Waals surface area contributed by atoms with Gasteiger partial charge in [-0.25, -0.2) is 8.42 Å². The number of hydrogen-bond donors (Lipinski definition) is 0. The number of carbonyl (C=O) groups excluding carboxylic acids is 1. The summed E-state index contributed by atoms with van der Waals surface area (Å²) in [5.41, 5.74) is 0.838. The molecule has 0 aliphatic carbocycles. The fraction of sp³-hybridized carbons (Fsp3) is 0.348. The molecule has 3 rings (SSSR count). The minimum Gasteiger partial charge on any atom is -0.492 e. The van der Waals surface area contributed by atoms with E-state index in [4.69, 9.17) is 4.74 Å². The van der Waals surface area contributed by atoms with Gasteiger partial charge < -0.3 is 9.64 Å². The van der Waals surface area contributed by atoms with Crippen molar-refractivity contribution in [2.75, 3.05) is 33.3 Å². The fourth-order valence-corrected chi connectivity index (χ4v) is 4.63. The quantitative estimate of drug-likeness (QED) is 0.647. The number of piperidine rings is 1. The zero-order valence-electron chi connectivity index (χ0n) is 17.2. The SMILES string of the molecule is CN(CCOc1ccccc1)C(=O)C1CCN(S(=O)(=O)/C=C/c2ccccc2)CC1. The average Bonchev–Trinajstić information content (AvgIpc) is 2.79. The third kappa shape index (κ3) is 6.18. The maximum Gasteiger partial charge on any atom is 0.236 e. The van der Waals surface area contributed by atoms with Crippen LogP contribution < -0.4 is 4.74 Å². The van der Waals surface area contributed by atoms with E-state index >= 15 is 0 Å². The standard InChI is InChI=1S/C23H28N2O4S/c1-24(17-18-29-22-10-6-3-7-11-22)23(26)21-12-15-25(16-13-21)30(27,28)19-14-20-8-4-2-5-9-20/h2-11,14,19,21H,12-13,15-18H2,1H3/b19-14+. The predicted molar refractivity (Wildman–Crippen MR) is 118 cm³/mol. The molecule has 160 valence electrons. The number of amides is 1. The van der Waals surface area contributed by atoms with E-state index in [0.717, 1.165) is 11.3 Å². The molecule has 1 saturated heterocycles. The first kappa shape index (κ1) is 22.1. The molecule has 0 unspecified atom stereocenters. The van der Waals surface area contributed by atoms with Crippen molar-refractivity contribution >= 4 is 22.0 Å². The smallest absolute Gasteiger partial charge is 0.236 e. The van der Waals surface area contributed by atoms with Crippen LogP contribution in [0.15, 0.2) is 66.1 Å². The monoisotopic (exact) mass is 428 g/mol. The lowest BCUT2D eigenvalue weighted by Gasteiger charge is -2.31. The van der Waals surface area contributed by atoms with Gasteiger partial charge in [0.2, 0.25) is 15.9 Å². The highest BCUT2D eigenvalue weighted by Gasteiger charge is 2.31. The van der Waals surface area contributed by atoms with Crippen molar-refractivity contribution in [2.45, 2.75) is 12.8 Å². The molecule has 0 radical (unpaired) electrons. The van der Waals surface area contributed by atoms with Crippen LogP contribution in [0, 0.1) is 5.92 Å². The van der Waals surface area contributed by atoms with E-state index < -0.39 is 10.0 Å². The first-order valence-electron chi connectivity index (χ1n) is 10.1. The minimum atomic E-state index is -3.49. The summed E-state index contributed by atoms with van der Waals surface area (Å²) in [5.74, 6) is 0.667. The Bertz CT molecular complexity index is 938. The summed E-state index contributed by atoms with van der Waals surface area (Å²) in [5, 5.41) is 1.25. The second-order valence-electron chi connectivity index (χ2n) is 7.35. The molecule has 1 aliphatic rings. The summed E-state index contributed by atoms with van der Waals surface area (Å²) < 4.78 is 32.2. The van der Waals surface area contributed by atoms with Gasteiger partial charge in [0, 0.05) is 31.5 Å². The van der Waals surface area contributed by atoms with Gasteiger partial charge in [-0.05, 0) is 36.6 Å². The van der Waals surface area contributed by atoms with Crippen LogP contribution in [0.5, 0.6) is 5.75 Å². The number of nitrogens with zero attached hydrogens (tertiary/aromatic N) is 2. The third-order valence-corrected chi connectivity index (χ3v) is 6.77. The lowest BCUT2D eigenvalue weighted by atomic mass is 9.97. The van der Waals surface area contributed by atoms with E-state index in [1.807, 2.05) is 60.7 Å². The highest BCUT2D eigenvalue weighted by Crippen LogP contribution is 2.22. The van der Waals surface area contributed by atoms with Gasteiger partial charge in [0.05, 0.1) is 6.54 Å². The Labute approximate surface area is 178 Å². The molecular formula is C23H28N2O4S. The van der Waals surface area contributed by atoms with Crippen LogP contribution in [-0.4, -0.2) is 56.8 Å². The number of rotatable bonds is 8. The van der Waals surface area contributed by atoms with Gasteiger partial charge in [-0.2, -0.15) is 4.31 Å². The first-order valence-corrected chi connectivity index (χ1v) is 11.6. The predicted octanol–water partition coefficient (Wildman–Crippen LogP) is 3.24. The van der Waals surface area contributed by atoms with Gasteiger partial charge in [0.25, 0.3) is 0 Å². The molecule has 1 heterocycles. The van der Waals surface area contributed by atoms with Crippen molar-refractivity contribution in [3.05, 3.63) is 71.6 Å². The first-order chi connectivity index (χ1) is 14.5. The van der Waals surface area contributed by atoms with Gasteiger partial charge in [-0.15, -0.1) is 0 Å². The third-order valence-electron chi connectivity index (χ3n) is 5.21. The van der Waals surface area contributed by atoms with Gasteiger partial charge >= 0.3 is 0 Å². The van der Waals surface area contributed by atoms with Crippen molar-refractivity contribution in [3.63, 3.8) is 0 Å². The second-order valence-corrected chi connectivity index (χ2v) is 9.17. The fourth-order valence-electron chi connectivity index (χ4n) is 3.41. The summed E-state index contributed by atoms with van der Waals surface area (Å²) in [6.07, 6.45) is 2.66. The molecule has 0 N–H and O–H groups in total. The number of hydrogen-bond acceptors (Lipinski definition) is 4. The van der Waals surface area contributed by atoms with Crippen molar-refractivity contribution in [1.29, 1.82) is 0 Å². The Morgan fingerprint density at radius 2 is 1.67 bits per heavy atom. The highest BCUT2D eigenvalue weighted by atomic mass is 32.2. The Morgan fingerprint density at radius 3 is 2.30 bits per heavy atom. The van der Waals surface area contributed by atoms with Crippen LogP contribution in [0.4, 0.5) is 0 Å². The molecule has 1 fully saturated rings. The number of carbonyl (C=O) groups is 1. The Kier molecular flexibility index (Phi) is 7.65.